The quantitative estimate of drug-likeness (QED) is 0.213. The molecule has 1 fully saturated rings. The maximum atomic E-state index is 12.6. The molecule has 0 aromatic heterocycles. The zero-order valence-corrected chi connectivity index (χ0v) is 17.4. The summed E-state index contributed by atoms with van der Waals surface area (Å²) in [5, 5.41) is 3.86. The van der Waals surface area contributed by atoms with Crippen LogP contribution in [0.15, 0.2) is 48.1 Å². The number of nitrogens with zero attached hydrogens (tertiary/aromatic N) is 3. The van der Waals surface area contributed by atoms with E-state index in [-0.39, 0.29) is 13.2 Å². The molecule has 1 aliphatic rings. The van der Waals surface area contributed by atoms with E-state index in [1.807, 2.05) is 30.3 Å². The monoisotopic (exact) mass is 403 g/mol. The van der Waals surface area contributed by atoms with Crippen molar-refractivity contribution in [2.75, 3.05) is 6.61 Å². The smallest absolute Gasteiger partial charge is 0.311 e. The van der Waals surface area contributed by atoms with Gasteiger partial charge in [-0.25, -0.2) is 0 Å². The first-order chi connectivity index (χ1) is 13.8. The van der Waals surface area contributed by atoms with Gasteiger partial charge >= 0.3 is 5.97 Å². The predicted octanol–water partition coefficient (Wildman–Crippen LogP) is 4.16. The van der Waals surface area contributed by atoms with Crippen LogP contribution in [0.5, 0.6) is 0 Å². The fourth-order valence-corrected chi connectivity index (χ4v) is 2.89. The van der Waals surface area contributed by atoms with E-state index in [0.29, 0.717) is 0 Å². The highest BCUT2D eigenvalue weighted by Gasteiger charge is 2.48. The first-order valence-corrected chi connectivity index (χ1v) is 9.56. The molecule has 8 heteroatoms. The van der Waals surface area contributed by atoms with Gasteiger partial charge in [-0.15, -0.1) is 6.58 Å². The predicted molar refractivity (Wildman–Crippen MR) is 108 cm³/mol. The van der Waals surface area contributed by atoms with E-state index in [1.54, 1.807) is 33.8 Å². The van der Waals surface area contributed by atoms with Gasteiger partial charge in [0.25, 0.3) is 0 Å². The summed E-state index contributed by atoms with van der Waals surface area (Å²) in [6.07, 6.45) is -1.44. The molecular weight excluding hydrogens is 374 g/mol. The van der Waals surface area contributed by atoms with Crippen LogP contribution in [0.1, 0.15) is 33.3 Å². The molecule has 1 aromatic carbocycles. The second kappa shape index (κ2) is 10.4. The molecule has 8 nitrogen and oxygen atoms in total. The van der Waals surface area contributed by atoms with Crippen LogP contribution in [0, 0.1) is 5.41 Å². The van der Waals surface area contributed by atoms with Crippen molar-refractivity contribution in [3.8, 4) is 0 Å². The van der Waals surface area contributed by atoms with Crippen LogP contribution in [0.25, 0.3) is 10.4 Å². The highest BCUT2D eigenvalue weighted by atomic mass is 16.7. The topological polar surface area (TPSA) is 103 Å². The summed E-state index contributed by atoms with van der Waals surface area (Å²) in [5.74, 6) is -0.430. The largest absolute Gasteiger partial charge is 0.454 e. The van der Waals surface area contributed by atoms with Crippen molar-refractivity contribution in [2.24, 2.45) is 10.5 Å². The van der Waals surface area contributed by atoms with Gasteiger partial charge in [0.2, 0.25) is 0 Å². The van der Waals surface area contributed by atoms with Gasteiger partial charge in [-0.2, -0.15) is 0 Å². The van der Waals surface area contributed by atoms with Gasteiger partial charge in [0.1, 0.15) is 6.10 Å². The molecule has 0 N–H and O–H groups in total. The van der Waals surface area contributed by atoms with Crippen molar-refractivity contribution in [3.05, 3.63) is 59.0 Å². The van der Waals surface area contributed by atoms with Gasteiger partial charge in [-0.1, -0.05) is 41.5 Å². The molecule has 1 heterocycles. The van der Waals surface area contributed by atoms with E-state index in [2.05, 4.69) is 16.6 Å². The number of carbonyl (C=O) groups excluding carboxylic acids is 1. The molecule has 0 amide bonds. The van der Waals surface area contributed by atoms with Crippen LogP contribution in [-0.2, 0) is 30.3 Å². The SMILES string of the molecule is C=CCO[C@H]1O[C@H](C)[C@@H](N=[N+]=[N-])[C@H](OCc2ccccc2)[C@H]1OC(=O)C(C)(C)C. The van der Waals surface area contributed by atoms with Crippen molar-refractivity contribution in [1.82, 2.24) is 0 Å². The molecular formula is C21H29N3O5. The molecule has 0 aliphatic carbocycles. The van der Waals surface area contributed by atoms with E-state index in [4.69, 9.17) is 24.5 Å². The maximum Gasteiger partial charge on any atom is 0.311 e. The van der Waals surface area contributed by atoms with Gasteiger partial charge in [-0.05, 0) is 38.8 Å². The second-order valence-electron chi connectivity index (χ2n) is 7.91. The van der Waals surface area contributed by atoms with Crippen LogP contribution in [0.4, 0.5) is 0 Å². The highest BCUT2D eigenvalue weighted by molar-refractivity contribution is 5.75. The average molecular weight is 403 g/mol. The third-order valence-corrected chi connectivity index (χ3v) is 4.46. The number of rotatable bonds is 8. The molecule has 5 atom stereocenters. The fourth-order valence-electron chi connectivity index (χ4n) is 2.89. The lowest BCUT2D eigenvalue weighted by molar-refractivity contribution is -0.281. The minimum absolute atomic E-state index is 0.207. The third kappa shape index (κ3) is 6.30. The summed E-state index contributed by atoms with van der Waals surface area (Å²) >= 11 is 0. The highest BCUT2D eigenvalue weighted by Crippen LogP contribution is 2.31. The Morgan fingerprint density at radius 3 is 2.55 bits per heavy atom. The van der Waals surface area contributed by atoms with Crippen LogP contribution in [0.2, 0.25) is 0 Å². The Kier molecular flexibility index (Phi) is 8.22. The van der Waals surface area contributed by atoms with Crippen LogP contribution in [0.3, 0.4) is 0 Å². The number of carbonyl (C=O) groups is 1. The van der Waals surface area contributed by atoms with E-state index >= 15 is 0 Å². The number of benzene rings is 1. The summed E-state index contributed by atoms with van der Waals surface area (Å²) < 4.78 is 23.4. The number of hydrogen-bond donors (Lipinski definition) is 0. The minimum atomic E-state index is -0.905. The standard InChI is InChI=1S/C21H29N3O5/c1-6-12-26-19-18(29-20(25)21(3,4)5)17(16(23-24-22)14(2)28-19)27-13-15-10-8-7-9-11-15/h6-11,14,16-19H,1,12-13H2,2-5H3/t14-,16-,17+,18-,19+/m1/s1. The third-order valence-electron chi connectivity index (χ3n) is 4.46. The lowest BCUT2D eigenvalue weighted by Gasteiger charge is -2.43. The summed E-state index contributed by atoms with van der Waals surface area (Å²) in [6, 6.07) is 8.88. The van der Waals surface area contributed by atoms with Crippen LogP contribution in [-0.4, -0.2) is 43.2 Å². The van der Waals surface area contributed by atoms with Crippen molar-refractivity contribution in [2.45, 2.75) is 64.9 Å². The Bertz CT molecular complexity index is 728. The normalized spacial score (nSPS) is 27.0. The van der Waals surface area contributed by atoms with Gasteiger partial charge in [-0.3, -0.25) is 4.79 Å². The Balaban J connectivity index is 2.33. The van der Waals surface area contributed by atoms with Crippen LogP contribution < -0.4 is 0 Å². The molecule has 1 saturated heterocycles. The van der Waals surface area contributed by atoms with Crippen molar-refractivity contribution in [3.63, 3.8) is 0 Å². The first-order valence-electron chi connectivity index (χ1n) is 9.56. The first kappa shape index (κ1) is 22.9. The zero-order valence-electron chi connectivity index (χ0n) is 17.4. The zero-order chi connectivity index (χ0) is 21.4. The van der Waals surface area contributed by atoms with Crippen molar-refractivity contribution >= 4 is 5.97 Å². The Labute approximate surface area is 171 Å². The van der Waals surface area contributed by atoms with E-state index in [0.717, 1.165) is 5.56 Å². The Morgan fingerprint density at radius 1 is 1.28 bits per heavy atom. The lowest BCUT2D eigenvalue weighted by Crippen LogP contribution is -2.59. The average Bonchev–Trinajstić information content (AvgIpc) is 2.68. The Hall–Kier alpha value is -2.38. The van der Waals surface area contributed by atoms with E-state index in [9.17, 15) is 4.79 Å². The molecule has 1 aromatic rings. The Morgan fingerprint density at radius 2 is 1.97 bits per heavy atom. The van der Waals surface area contributed by atoms with E-state index < -0.39 is 42.0 Å². The number of hydrogen-bond acceptors (Lipinski definition) is 6. The number of ether oxygens (including phenoxy) is 4. The molecule has 2 rings (SSSR count). The van der Waals surface area contributed by atoms with Gasteiger partial charge in [0.15, 0.2) is 12.4 Å². The molecule has 0 radical (unpaired) electrons. The molecule has 0 spiro atoms. The van der Waals surface area contributed by atoms with Gasteiger partial charge in [0, 0.05) is 4.91 Å². The van der Waals surface area contributed by atoms with E-state index in [1.165, 1.54) is 0 Å². The second-order valence-corrected chi connectivity index (χ2v) is 7.91. The summed E-state index contributed by atoms with van der Waals surface area (Å²) in [6.45, 7) is 11.1. The fraction of sp³-hybridized carbons (Fsp3) is 0.571. The lowest BCUT2D eigenvalue weighted by atomic mass is 9.95. The molecule has 0 bridgehead atoms. The van der Waals surface area contributed by atoms with Gasteiger partial charge < -0.3 is 18.9 Å². The molecule has 0 saturated carbocycles. The number of azide groups is 1. The summed E-state index contributed by atoms with van der Waals surface area (Å²) in [4.78, 5) is 15.5. The van der Waals surface area contributed by atoms with Crippen LogP contribution >= 0.6 is 0 Å². The minimum Gasteiger partial charge on any atom is -0.454 e. The summed E-state index contributed by atoms with van der Waals surface area (Å²) in [5.41, 5.74) is 9.25. The summed E-state index contributed by atoms with van der Waals surface area (Å²) in [7, 11) is 0. The van der Waals surface area contributed by atoms with Gasteiger partial charge in [0.05, 0.1) is 30.8 Å². The maximum absolute atomic E-state index is 12.6. The van der Waals surface area contributed by atoms with Crippen molar-refractivity contribution in [1.29, 1.82) is 0 Å². The number of esters is 1. The molecule has 0 unspecified atom stereocenters. The van der Waals surface area contributed by atoms with Crippen molar-refractivity contribution < 1.29 is 23.7 Å². The molecule has 1 aliphatic heterocycles. The molecule has 29 heavy (non-hydrogen) atoms. The molecule has 158 valence electrons.